The van der Waals surface area contributed by atoms with Gasteiger partial charge in [0, 0.05) is 25.6 Å². The van der Waals surface area contributed by atoms with Crippen molar-refractivity contribution in [1.29, 1.82) is 0 Å². The Bertz CT molecular complexity index is 668. The largest absolute Gasteiger partial charge is 0.325 e. The maximum Gasteiger partial charge on any atom is 0.137 e. The standard InChI is InChI=1S/C17H22BrNOS2/c1-11(20)17(4,16(2,3)19)10-9-12-5-6-13(21-12)14-7-8-15(18)22-14/h5-8H,9-10,19H2,1-4H3. The number of rotatable bonds is 6. The van der Waals surface area contributed by atoms with E-state index in [9.17, 15) is 4.79 Å². The fraction of sp³-hybridized carbons (Fsp3) is 0.471. The van der Waals surface area contributed by atoms with Crippen LogP contribution >= 0.6 is 38.6 Å². The Hall–Kier alpha value is -0.490. The van der Waals surface area contributed by atoms with Crippen LogP contribution in [0.2, 0.25) is 0 Å². The van der Waals surface area contributed by atoms with E-state index in [4.69, 9.17) is 5.73 Å². The summed E-state index contributed by atoms with van der Waals surface area (Å²) in [5.74, 6) is 0.166. The van der Waals surface area contributed by atoms with E-state index in [1.165, 1.54) is 14.6 Å². The van der Waals surface area contributed by atoms with Crippen molar-refractivity contribution in [3.05, 3.63) is 32.9 Å². The molecule has 2 rings (SSSR count). The lowest BCUT2D eigenvalue weighted by Crippen LogP contribution is -2.53. The fourth-order valence-electron chi connectivity index (χ4n) is 2.42. The van der Waals surface area contributed by atoms with Crippen molar-refractivity contribution < 1.29 is 4.79 Å². The zero-order chi connectivity index (χ0) is 16.5. The number of halogens is 1. The monoisotopic (exact) mass is 399 g/mol. The highest BCUT2D eigenvalue weighted by atomic mass is 79.9. The first-order chi connectivity index (χ1) is 10.1. The SMILES string of the molecule is CC(=O)C(C)(CCc1ccc(-c2ccc(Br)s2)s1)C(C)(C)N. The van der Waals surface area contributed by atoms with E-state index < -0.39 is 11.0 Å². The Morgan fingerprint density at radius 3 is 2.23 bits per heavy atom. The molecule has 0 aliphatic carbocycles. The smallest absolute Gasteiger partial charge is 0.137 e. The molecular weight excluding hydrogens is 378 g/mol. The average molecular weight is 400 g/mol. The van der Waals surface area contributed by atoms with Crippen LogP contribution in [-0.2, 0) is 11.2 Å². The first-order valence-electron chi connectivity index (χ1n) is 7.28. The molecule has 120 valence electrons. The molecule has 22 heavy (non-hydrogen) atoms. The molecule has 2 aromatic heterocycles. The van der Waals surface area contributed by atoms with Crippen LogP contribution in [-0.4, -0.2) is 11.3 Å². The minimum absolute atomic E-state index is 0.166. The molecule has 0 saturated heterocycles. The summed E-state index contributed by atoms with van der Waals surface area (Å²) >= 11 is 7.04. The molecule has 0 spiro atoms. The van der Waals surface area contributed by atoms with Crippen molar-refractivity contribution in [1.82, 2.24) is 0 Å². The van der Waals surface area contributed by atoms with E-state index in [1.54, 1.807) is 29.6 Å². The Morgan fingerprint density at radius 1 is 1.14 bits per heavy atom. The molecule has 1 atom stereocenters. The zero-order valence-electron chi connectivity index (χ0n) is 13.4. The summed E-state index contributed by atoms with van der Waals surface area (Å²) in [6.07, 6.45) is 1.66. The van der Waals surface area contributed by atoms with Crippen LogP contribution < -0.4 is 5.73 Å². The molecule has 0 aliphatic rings. The van der Waals surface area contributed by atoms with E-state index in [0.29, 0.717) is 0 Å². The van der Waals surface area contributed by atoms with Crippen molar-refractivity contribution in [2.24, 2.45) is 11.1 Å². The number of carbonyl (C=O) groups excluding carboxylic acids is 1. The zero-order valence-corrected chi connectivity index (χ0v) is 16.6. The predicted octanol–water partition coefficient (Wildman–Crippen LogP) is 5.50. The van der Waals surface area contributed by atoms with Gasteiger partial charge in [-0.05, 0) is 73.8 Å². The lowest BCUT2D eigenvalue weighted by Gasteiger charge is -2.39. The number of carbonyl (C=O) groups is 1. The van der Waals surface area contributed by atoms with E-state index >= 15 is 0 Å². The second-order valence-electron chi connectivity index (χ2n) is 6.48. The normalized spacial score (nSPS) is 14.8. The number of ketones is 1. The lowest BCUT2D eigenvalue weighted by atomic mass is 9.68. The molecule has 2 nitrogen and oxygen atoms in total. The minimum Gasteiger partial charge on any atom is -0.325 e. The van der Waals surface area contributed by atoms with Gasteiger partial charge in [-0.1, -0.05) is 6.92 Å². The summed E-state index contributed by atoms with van der Waals surface area (Å²) in [4.78, 5) is 15.9. The summed E-state index contributed by atoms with van der Waals surface area (Å²) in [6, 6.07) is 8.53. The van der Waals surface area contributed by atoms with E-state index in [2.05, 4.69) is 40.2 Å². The number of hydrogen-bond acceptors (Lipinski definition) is 4. The second kappa shape index (κ2) is 6.56. The van der Waals surface area contributed by atoms with Crippen molar-refractivity contribution in [3.63, 3.8) is 0 Å². The summed E-state index contributed by atoms with van der Waals surface area (Å²) in [7, 11) is 0. The van der Waals surface area contributed by atoms with Crippen LogP contribution in [0.5, 0.6) is 0 Å². The second-order valence-corrected chi connectivity index (χ2v) is 10.1. The maximum atomic E-state index is 12.1. The lowest BCUT2D eigenvalue weighted by molar-refractivity contribution is -0.129. The molecule has 0 radical (unpaired) electrons. The summed E-state index contributed by atoms with van der Waals surface area (Å²) in [5.41, 5.74) is 5.24. The quantitative estimate of drug-likeness (QED) is 0.695. The highest BCUT2D eigenvalue weighted by Gasteiger charge is 2.41. The molecule has 0 aromatic carbocycles. The molecule has 5 heteroatoms. The van der Waals surface area contributed by atoms with Gasteiger partial charge in [0.1, 0.15) is 5.78 Å². The number of Topliss-reactive ketones (excluding diaryl/α,β-unsaturated/α-hetero) is 1. The van der Waals surface area contributed by atoms with E-state index in [0.717, 1.165) is 16.6 Å². The number of hydrogen-bond donors (Lipinski definition) is 1. The van der Waals surface area contributed by atoms with E-state index in [1.807, 2.05) is 20.8 Å². The Balaban J connectivity index is 2.12. The molecule has 2 heterocycles. The number of thiophene rings is 2. The average Bonchev–Trinajstić information content (AvgIpc) is 3.02. The number of aryl methyl sites for hydroxylation is 1. The molecular formula is C17H22BrNOS2. The van der Waals surface area contributed by atoms with Gasteiger partial charge < -0.3 is 5.73 Å². The molecule has 1 unspecified atom stereocenters. The van der Waals surface area contributed by atoms with Crippen LogP contribution in [0.15, 0.2) is 28.1 Å². The molecule has 0 fully saturated rings. The topological polar surface area (TPSA) is 43.1 Å². The molecule has 0 aliphatic heterocycles. The molecule has 0 bridgehead atoms. The van der Waals surface area contributed by atoms with Gasteiger partial charge in [0.25, 0.3) is 0 Å². The Morgan fingerprint density at radius 2 is 1.73 bits per heavy atom. The minimum atomic E-state index is -0.516. The first-order valence-corrected chi connectivity index (χ1v) is 9.70. The van der Waals surface area contributed by atoms with Gasteiger partial charge >= 0.3 is 0 Å². The molecule has 2 N–H and O–H groups in total. The van der Waals surface area contributed by atoms with E-state index in [-0.39, 0.29) is 5.78 Å². The molecule has 0 amide bonds. The first kappa shape index (κ1) is 17.9. The highest BCUT2D eigenvalue weighted by molar-refractivity contribution is 9.11. The predicted molar refractivity (Wildman–Crippen MR) is 101 cm³/mol. The van der Waals surface area contributed by atoms with Gasteiger partial charge in [0.2, 0.25) is 0 Å². The van der Waals surface area contributed by atoms with Crippen molar-refractivity contribution >= 4 is 44.4 Å². The van der Waals surface area contributed by atoms with Crippen molar-refractivity contribution in [2.45, 2.75) is 46.1 Å². The molecule has 2 aromatic rings. The van der Waals surface area contributed by atoms with Crippen molar-refractivity contribution in [2.75, 3.05) is 0 Å². The van der Waals surface area contributed by atoms with Crippen LogP contribution in [0.4, 0.5) is 0 Å². The summed E-state index contributed by atoms with van der Waals surface area (Å²) in [6.45, 7) is 7.52. The summed E-state index contributed by atoms with van der Waals surface area (Å²) in [5, 5.41) is 0. The van der Waals surface area contributed by atoms with Gasteiger partial charge in [-0.2, -0.15) is 0 Å². The third-order valence-electron chi connectivity index (χ3n) is 4.55. The van der Waals surface area contributed by atoms with Gasteiger partial charge in [-0.3, -0.25) is 4.79 Å². The van der Waals surface area contributed by atoms with Gasteiger partial charge in [0.05, 0.1) is 3.79 Å². The Labute approximate surface area is 148 Å². The maximum absolute atomic E-state index is 12.1. The number of nitrogens with two attached hydrogens (primary N) is 1. The van der Waals surface area contributed by atoms with Crippen LogP contribution in [0.1, 0.15) is 39.0 Å². The third kappa shape index (κ3) is 3.70. The summed E-state index contributed by atoms with van der Waals surface area (Å²) < 4.78 is 1.14. The fourth-order valence-corrected chi connectivity index (χ4v) is 4.90. The third-order valence-corrected chi connectivity index (χ3v) is 7.51. The van der Waals surface area contributed by atoms with Crippen LogP contribution in [0, 0.1) is 5.41 Å². The van der Waals surface area contributed by atoms with Crippen molar-refractivity contribution in [3.8, 4) is 9.75 Å². The highest BCUT2D eigenvalue weighted by Crippen LogP contribution is 2.39. The van der Waals surface area contributed by atoms with Crippen LogP contribution in [0.3, 0.4) is 0 Å². The Kier molecular flexibility index (Phi) is 5.32. The van der Waals surface area contributed by atoms with Crippen LogP contribution in [0.25, 0.3) is 9.75 Å². The van der Waals surface area contributed by atoms with Gasteiger partial charge in [-0.25, -0.2) is 0 Å². The van der Waals surface area contributed by atoms with Gasteiger partial charge in [-0.15, -0.1) is 22.7 Å². The molecule has 0 saturated carbocycles. The van der Waals surface area contributed by atoms with Gasteiger partial charge in [0.15, 0.2) is 0 Å².